The average Bonchev–Trinajstić information content (AvgIpc) is 3.04. The highest BCUT2D eigenvalue weighted by Gasteiger charge is 2.34. The summed E-state index contributed by atoms with van der Waals surface area (Å²) in [6, 6.07) is 16.9. The lowest BCUT2D eigenvalue weighted by molar-refractivity contribution is -0.384. The predicted octanol–water partition coefficient (Wildman–Crippen LogP) is 4.48. The Labute approximate surface area is 129 Å². The van der Waals surface area contributed by atoms with Crippen LogP contribution in [0.1, 0.15) is 36.8 Å². The minimum absolute atomic E-state index is 0.101. The Hall–Kier alpha value is -2.49. The van der Waals surface area contributed by atoms with Crippen molar-refractivity contribution in [1.29, 1.82) is 0 Å². The highest BCUT2D eigenvalue weighted by Crippen LogP contribution is 2.42. The van der Waals surface area contributed by atoms with Gasteiger partial charge in [0.25, 0.3) is 5.69 Å². The maximum Gasteiger partial charge on any atom is 0.270 e. The summed E-state index contributed by atoms with van der Waals surface area (Å²) >= 11 is 0. The highest BCUT2D eigenvalue weighted by molar-refractivity contribution is 5.81. The van der Waals surface area contributed by atoms with E-state index in [9.17, 15) is 10.1 Å². The third kappa shape index (κ3) is 2.91. The van der Waals surface area contributed by atoms with Crippen LogP contribution in [0.2, 0.25) is 0 Å². The molecular formula is C18H18N2O2. The minimum Gasteiger partial charge on any atom is -0.281 e. The summed E-state index contributed by atoms with van der Waals surface area (Å²) in [5, 5.41) is 10.9. The Morgan fingerprint density at radius 3 is 2.45 bits per heavy atom. The second-order valence-corrected chi connectivity index (χ2v) is 5.72. The zero-order valence-corrected chi connectivity index (χ0v) is 12.3. The summed E-state index contributed by atoms with van der Waals surface area (Å²) in [5.41, 5.74) is 1.93. The number of hydrogen-bond donors (Lipinski definition) is 0. The summed E-state index contributed by atoms with van der Waals surface area (Å²) in [6.45, 7) is 0. The van der Waals surface area contributed by atoms with Crippen molar-refractivity contribution in [3.8, 4) is 0 Å². The van der Waals surface area contributed by atoms with Crippen LogP contribution in [0.25, 0.3) is 0 Å². The van der Waals surface area contributed by atoms with Gasteiger partial charge in [0.1, 0.15) is 0 Å². The molecule has 2 aromatic carbocycles. The van der Waals surface area contributed by atoms with Crippen molar-refractivity contribution in [2.75, 3.05) is 0 Å². The summed E-state index contributed by atoms with van der Waals surface area (Å²) in [6.07, 6.45) is 6.18. The first-order valence-electron chi connectivity index (χ1n) is 7.55. The zero-order chi connectivity index (χ0) is 15.4. The molecule has 0 bridgehead atoms. The summed E-state index contributed by atoms with van der Waals surface area (Å²) in [4.78, 5) is 15.3. The van der Waals surface area contributed by atoms with E-state index < -0.39 is 0 Å². The van der Waals surface area contributed by atoms with Crippen molar-refractivity contribution in [1.82, 2.24) is 0 Å². The molecule has 4 heteroatoms. The van der Waals surface area contributed by atoms with Crippen LogP contribution in [0.3, 0.4) is 0 Å². The number of nitro groups is 1. The number of hydrogen-bond acceptors (Lipinski definition) is 3. The molecule has 1 aliphatic carbocycles. The second kappa shape index (κ2) is 6.10. The number of nitrogens with zero attached hydrogens (tertiary/aromatic N) is 2. The zero-order valence-electron chi connectivity index (χ0n) is 12.3. The number of nitro benzene ring substituents is 1. The van der Waals surface area contributed by atoms with Crippen molar-refractivity contribution in [2.24, 2.45) is 4.99 Å². The monoisotopic (exact) mass is 294 g/mol. The molecule has 1 saturated carbocycles. The third-order valence-corrected chi connectivity index (χ3v) is 4.28. The van der Waals surface area contributed by atoms with E-state index in [1.165, 1.54) is 24.5 Å². The molecule has 0 atom stereocenters. The summed E-state index contributed by atoms with van der Waals surface area (Å²) in [7, 11) is 0. The van der Waals surface area contributed by atoms with Gasteiger partial charge in [0.05, 0.1) is 10.5 Å². The van der Waals surface area contributed by atoms with E-state index in [0.717, 1.165) is 18.4 Å². The van der Waals surface area contributed by atoms with Gasteiger partial charge in [0.15, 0.2) is 0 Å². The molecule has 112 valence electrons. The van der Waals surface area contributed by atoms with E-state index >= 15 is 0 Å². The molecule has 0 unspecified atom stereocenters. The van der Waals surface area contributed by atoms with Gasteiger partial charge in [0.2, 0.25) is 0 Å². The molecule has 4 nitrogen and oxygen atoms in total. The van der Waals surface area contributed by atoms with Gasteiger partial charge in [0, 0.05) is 18.3 Å². The number of benzene rings is 2. The maximum atomic E-state index is 10.9. The Bertz CT molecular complexity index is 689. The third-order valence-electron chi connectivity index (χ3n) is 4.28. The van der Waals surface area contributed by atoms with Gasteiger partial charge in [-0.2, -0.15) is 0 Å². The molecule has 0 aliphatic heterocycles. The SMILES string of the molecule is O=[N+]([O-])c1cccc(C=NC2(c3ccccc3)CCCC2)c1. The fourth-order valence-corrected chi connectivity index (χ4v) is 3.12. The van der Waals surface area contributed by atoms with E-state index in [0.29, 0.717) is 0 Å². The van der Waals surface area contributed by atoms with Crippen LogP contribution >= 0.6 is 0 Å². The first-order valence-corrected chi connectivity index (χ1v) is 7.55. The summed E-state index contributed by atoms with van der Waals surface area (Å²) < 4.78 is 0. The Morgan fingerprint density at radius 2 is 1.77 bits per heavy atom. The smallest absolute Gasteiger partial charge is 0.270 e. The summed E-state index contributed by atoms with van der Waals surface area (Å²) in [5.74, 6) is 0. The van der Waals surface area contributed by atoms with Crippen LogP contribution < -0.4 is 0 Å². The molecule has 0 radical (unpaired) electrons. The lowest BCUT2D eigenvalue weighted by Crippen LogP contribution is -2.19. The van der Waals surface area contributed by atoms with Crippen molar-refractivity contribution in [3.63, 3.8) is 0 Å². The number of aliphatic imine (C=N–C) groups is 1. The highest BCUT2D eigenvalue weighted by atomic mass is 16.6. The Kier molecular flexibility index (Phi) is 4.00. The van der Waals surface area contributed by atoms with Gasteiger partial charge >= 0.3 is 0 Å². The molecule has 22 heavy (non-hydrogen) atoms. The minimum atomic E-state index is -0.375. The molecule has 0 heterocycles. The quantitative estimate of drug-likeness (QED) is 0.474. The van der Waals surface area contributed by atoms with Crippen LogP contribution in [-0.4, -0.2) is 11.1 Å². The topological polar surface area (TPSA) is 55.5 Å². The lowest BCUT2D eigenvalue weighted by Gasteiger charge is -2.24. The molecule has 0 aromatic heterocycles. The van der Waals surface area contributed by atoms with Crippen molar-refractivity contribution >= 4 is 11.9 Å². The first-order chi connectivity index (χ1) is 10.7. The van der Waals surface area contributed by atoms with E-state index in [-0.39, 0.29) is 16.1 Å². The number of rotatable bonds is 4. The molecule has 0 saturated heterocycles. The van der Waals surface area contributed by atoms with E-state index in [1.807, 2.05) is 24.3 Å². The molecule has 1 aliphatic rings. The van der Waals surface area contributed by atoms with Crippen LogP contribution in [0.4, 0.5) is 5.69 Å². The molecule has 0 spiro atoms. The van der Waals surface area contributed by atoms with Gasteiger partial charge < -0.3 is 0 Å². The molecular weight excluding hydrogens is 276 g/mol. The molecule has 1 fully saturated rings. The van der Waals surface area contributed by atoms with E-state index in [2.05, 4.69) is 12.1 Å². The van der Waals surface area contributed by atoms with Crippen LogP contribution in [0, 0.1) is 10.1 Å². The maximum absolute atomic E-state index is 10.9. The van der Waals surface area contributed by atoms with E-state index in [4.69, 9.17) is 4.99 Å². The van der Waals surface area contributed by atoms with Gasteiger partial charge in [-0.15, -0.1) is 0 Å². The first kappa shape index (κ1) is 14.4. The van der Waals surface area contributed by atoms with Crippen LogP contribution in [0.15, 0.2) is 59.6 Å². The normalized spacial score (nSPS) is 16.9. The lowest BCUT2D eigenvalue weighted by atomic mass is 9.89. The second-order valence-electron chi connectivity index (χ2n) is 5.72. The van der Waals surface area contributed by atoms with Crippen molar-refractivity contribution in [2.45, 2.75) is 31.2 Å². The van der Waals surface area contributed by atoms with Crippen molar-refractivity contribution in [3.05, 3.63) is 75.8 Å². The standard InChI is InChI=1S/C18H18N2O2/c21-20(22)17-10-6-7-15(13-17)14-19-18(11-4-5-12-18)16-8-2-1-3-9-16/h1-3,6-10,13-14H,4-5,11-12H2. The van der Waals surface area contributed by atoms with Gasteiger partial charge in [-0.25, -0.2) is 0 Å². The Morgan fingerprint density at radius 1 is 1.05 bits per heavy atom. The van der Waals surface area contributed by atoms with Gasteiger partial charge in [-0.05, 0) is 24.0 Å². The largest absolute Gasteiger partial charge is 0.281 e. The fourth-order valence-electron chi connectivity index (χ4n) is 3.12. The van der Waals surface area contributed by atoms with Crippen LogP contribution in [-0.2, 0) is 5.54 Å². The van der Waals surface area contributed by atoms with E-state index in [1.54, 1.807) is 18.3 Å². The molecule has 3 rings (SSSR count). The molecule has 0 N–H and O–H groups in total. The molecule has 2 aromatic rings. The Balaban J connectivity index is 1.92. The van der Waals surface area contributed by atoms with Crippen molar-refractivity contribution < 1.29 is 4.92 Å². The molecule has 0 amide bonds. The van der Waals surface area contributed by atoms with Gasteiger partial charge in [-0.1, -0.05) is 55.3 Å². The van der Waals surface area contributed by atoms with Crippen LogP contribution in [0.5, 0.6) is 0 Å². The van der Waals surface area contributed by atoms with Gasteiger partial charge in [-0.3, -0.25) is 15.1 Å². The predicted molar refractivity (Wildman–Crippen MR) is 87.3 cm³/mol. The number of non-ortho nitro benzene ring substituents is 1. The fraction of sp³-hybridized carbons (Fsp3) is 0.278. The average molecular weight is 294 g/mol.